The van der Waals surface area contributed by atoms with Gasteiger partial charge in [0.05, 0.1) is 7.11 Å². The van der Waals surface area contributed by atoms with Crippen molar-refractivity contribution in [3.8, 4) is 17.6 Å². The molecule has 0 unspecified atom stereocenters. The molecule has 8 atom stereocenters. The van der Waals surface area contributed by atoms with Gasteiger partial charge in [-0.05, 0) is 98.3 Å². The third kappa shape index (κ3) is 3.10. The Bertz CT molecular complexity index is 995. The molecule has 32 heavy (non-hydrogen) atoms. The molecule has 1 aromatic rings. The number of hydrogen-bond donors (Lipinski definition) is 1. The Hall–Kier alpha value is -2.05. The van der Waals surface area contributed by atoms with E-state index in [1.807, 2.05) is 13.0 Å². The van der Waals surface area contributed by atoms with Crippen molar-refractivity contribution < 1.29 is 14.6 Å². The van der Waals surface area contributed by atoms with Crippen LogP contribution in [0.4, 0.5) is 0 Å². The van der Waals surface area contributed by atoms with Crippen LogP contribution in [-0.4, -0.2) is 23.6 Å². The molecule has 3 fully saturated rings. The molecule has 3 heteroatoms. The van der Waals surface area contributed by atoms with Crippen molar-refractivity contribution in [2.75, 3.05) is 7.11 Å². The van der Waals surface area contributed by atoms with Gasteiger partial charge in [-0.3, -0.25) is 4.79 Å². The van der Waals surface area contributed by atoms with Crippen molar-refractivity contribution in [2.45, 2.75) is 70.8 Å². The zero-order valence-corrected chi connectivity index (χ0v) is 19.9. The number of allylic oxidation sites excluding steroid dienone is 1. The fourth-order valence-electron chi connectivity index (χ4n) is 8.30. The molecule has 3 nitrogen and oxygen atoms in total. The van der Waals surface area contributed by atoms with Crippen LogP contribution in [0.15, 0.2) is 35.9 Å². The minimum atomic E-state index is -0.916. The lowest BCUT2D eigenvalue weighted by Gasteiger charge is -2.60. The number of hydrogen-bond acceptors (Lipinski definition) is 3. The number of ketones is 1. The largest absolute Gasteiger partial charge is 0.497 e. The topological polar surface area (TPSA) is 46.5 Å². The minimum absolute atomic E-state index is 0.221. The molecule has 0 saturated heterocycles. The summed E-state index contributed by atoms with van der Waals surface area (Å²) in [6.45, 7) is 6.54. The maximum absolute atomic E-state index is 12.3. The zero-order valence-electron chi connectivity index (χ0n) is 19.9. The predicted octanol–water partition coefficient (Wildman–Crippen LogP) is 5.53. The predicted molar refractivity (Wildman–Crippen MR) is 126 cm³/mol. The second kappa shape index (κ2) is 7.77. The van der Waals surface area contributed by atoms with E-state index in [2.05, 4.69) is 50.0 Å². The van der Waals surface area contributed by atoms with Gasteiger partial charge in [0, 0.05) is 11.8 Å². The van der Waals surface area contributed by atoms with Crippen LogP contribution in [0.5, 0.6) is 5.75 Å². The van der Waals surface area contributed by atoms with Gasteiger partial charge in [-0.1, -0.05) is 37.5 Å². The first-order valence-corrected chi connectivity index (χ1v) is 12.3. The summed E-state index contributed by atoms with van der Waals surface area (Å²) in [4.78, 5) is 12.3. The van der Waals surface area contributed by atoms with E-state index in [9.17, 15) is 9.90 Å². The van der Waals surface area contributed by atoms with E-state index in [4.69, 9.17) is 4.74 Å². The molecule has 0 bridgehead atoms. The monoisotopic (exact) mass is 432 g/mol. The van der Waals surface area contributed by atoms with Crippen LogP contribution < -0.4 is 4.74 Å². The van der Waals surface area contributed by atoms with Gasteiger partial charge in [0.25, 0.3) is 0 Å². The molecule has 0 amide bonds. The number of benzene rings is 1. The Morgan fingerprint density at radius 2 is 1.88 bits per heavy atom. The molecule has 5 rings (SSSR count). The fraction of sp³-hybridized carbons (Fsp3) is 0.621. The first kappa shape index (κ1) is 21.8. The molecule has 170 valence electrons. The van der Waals surface area contributed by atoms with Gasteiger partial charge < -0.3 is 9.84 Å². The van der Waals surface area contributed by atoms with Gasteiger partial charge in [0.15, 0.2) is 5.78 Å². The SMILES string of the molecule is CC#C[C@]1(O)CC[C@H]2[C@H]3[C@H]([C@@H](c4ccc(OC)cc4)C[C@@]21C)[C@H]1CCC(=O)C=C1C[C@@H]3C. The Balaban J connectivity index is 1.64. The Morgan fingerprint density at radius 3 is 2.56 bits per heavy atom. The molecule has 0 heterocycles. The molecular formula is C29H36O3. The molecule has 0 radical (unpaired) electrons. The summed E-state index contributed by atoms with van der Waals surface area (Å²) in [6.07, 6.45) is 7.42. The highest BCUT2D eigenvalue weighted by Gasteiger charge is 2.65. The molecule has 3 saturated carbocycles. The van der Waals surface area contributed by atoms with Crippen LogP contribution in [0.2, 0.25) is 0 Å². The molecule has 0 aromatic heterocycles. The smallest absolute Gasteiger partial charge is 0.155 e. The van der Waals surface area contributed by atoms with Crippen LogP contribution in [0.3, 0.4) is 0 Å². The lowest BCUT2D eigenvalue weighted by molar-refractivity contribution is -0.119. The maximum Gasteiger partial charge on any atom is 0.155 e. The van der Waals surface area contributed by atoms with Crippen molar-refractivity contribution >= 4 is 5.78 Å². The van der Waals surface area contributed by atoms with Crippen molar-refractivity contribution in [3.63, 3.8) is 0 Å². The quantitative estimate of drug-likeness (QED) is 0.625. The van der Waals surface area contributed by atoms with E-state index in [1.54, 1.807) is 7.11 Å². The maximum atomic E-state index is 12.3. The zero-order chi connectivity index (χ0) is 22.7. The highest BCUT2D eigenvalue weighted by atomic mass is 16.5. The normalized spacial score (nSPS) is 42.7. The van der Waals surface area contributed by atoms with E-state index in [-0.39, 0.29) is 5.41 Å². The fourth-order valence-corrected chi connectivity index (χ4v) is 8.30. The number of carbonyl (C=O) groups excluding carboxylic acids is 1. The average Bonchev–Trinajstić information content (AvgIpc) is 3.03. The van der Waals surface area contributed by atoms with Crippen LogP contribution in [0, 0.1) is 46.8 Å². The van der Waals surface area contributed by atoms with Gasteiger partial charge in [0.2, 0.25) is 0 Å². The van der Waals surface area contributed by atoms with Gasteiger partial charge in [0.1, 0.15) is 11.4 Å². The molecule has 4 aliphatic rings. The standard InChI is InChI=1S/C29H36O3/c1-5-13-29(31)14-12-25-26-18(2)15-20-16-21(30)8-11-23(20)27(26)24(17-28(25,29)3)19-6-9-22(32-4)10-7-19/h6-7,9-10,16,18,23-27,31H,8,11-12,14-15,17H2,1-4H3/t18-,23-,24+,25-,26-,27-,28-,29-/m0/s1. The number of carbonyl (C=O) groups is 1. The summed E-state index contributed by atoms with van der Waals surface area (Å²) in [5.74, 6) is 10.4. The van der Waals surface area contributed by atoms with E-state index in [0.717, 1.165) is 37.9 Å². The molecule has 0 spiro atoms. The van der Waals surface area contributed by atoms with Gasteiger partial charge in [-0.2, -0.15) is 0 Å². The summed E-state index contributed by atoms with van der Waals surface area (Å²) in [5.41, 5.74) is 1.59. The Labute approximate surface area is 192 Å². The summed E-state index contributed by atoms with van der Waals surface area (Å²) in [5, 5.41) is 11.8. The first-order chi connectivity index (χ1) is 15.3. The van der Waals surface area contributed by atoms with Crippen LogP contribution >= 0.6 is 0 Å². The van der Waals surface area contributed by atoms with E-state index >= 15 is 0 Å². The van der Waals surface area contributed by atoms with Crippen molar-refractivity contribution in [3.05, 3.63) is 41.5 Å². The summed E-state index contributed by atoms with van der Waals surface area (Å²) < 4.78 is 5.43. The van der Waals surface area contributed by atoms with Gasteiger partial charge in [-0.25, -0.2) is 0 Å². The molecule has 1 aromatic carbocycles. The summed E-state index contributed by atoms with van der Waals surface area (Å²) in [7, 11) is 1.71. The number of aliphatic hydroxyl groups is 1. The Morgan fingerprint density at radius 1 is 1.12 bits per heavy atom. The van der Waals surface area contributed by atoms with Crippen LogP contribution in [-0.2, 0) is 4.79 Å². The number of rotatable bonds is 2. The van der Waals surface area contributed by atoms with E-state index in [1.165, 1.54) is 11.1 Å². The van der Waals surface area contributed by atoms with E-state index in [0.29, 0.717) is 47.7 Å². The minimum Gasteiger partial charge on any atom is -0.497 e. The first-order valence-electron chi connectivity index (χ1n) is 12.3. The average molecular weight is 433 g/mol. The van der Waals surface area contributed by atoms with Crippen LogP contribution in [0.25, 0.3) is 0 Å². The van der Waals surface area contributed by atoms with Crippen molar-refractivity contribution in [2.24, 2.45) is 35.0 Å². The summed E-state index contributed by atoms with van der Waals surface area (Å²) in [6, 6.07) is 8.58. The highest BCUT2D eigenvalue weighted by Crippen LogP contribution is 2.69. The summed E-state index contributed by atoms with van der Waals surface area (Å²) >= 11 is 0. The molecule has 4 aliphatic carbocycles. The molecule has 1 N–H and O–H groups in total. The third-order valence-electron chi connectivity index (χ3n) is 9.68. The Kier molecular flexibility index (Phi) is 5.29. The lowest BCUT2D eigenvalue weighted by Crippen LogP contribution is -2.56. The highest BCUT2D eigenvalue weighted by molar-refractivity contribution is 5.91. The van der Waals surface area contributed by atoms with Gasteiger partial charge in [-0.15, -0.1) is 5.92 Å². The number of methoxy groups -OCH3 is 1. The van der Waals surface area contributed by atoms with E-state index < -0.39 is 5.60 Å². The van der Waals surface area contributed by atoms with Crippen molar-refractivity contribution in [1.82, 2.24) is 0 Å². The van der Waals surface area contributed by atoms with Crippen LogP contribution in [0.1, 0.15) is 70.8 Å². The second-order valence-electron chi connectivity index (χ2n) is 11.0. The molecular weight excluding hydrogens is 396 g/mol. The lowest BCUT2D eigenvalue weighted by atomic mass is 9.45. The molecule has 0 aliphatic heterocycles. The van der Waals surface area contributed by atoms with Crippen molar-refractivity contribution in [1.29, 1.82) is 0 Å². The van der Waals surface area contributed by atoms with Gasteiger partial charge >= 0.3 is 0 Å². The number of fused-ring (bicyclic) bond motifs is 5. The second-order valence-corrected chi connectivity index (χ2v) is 11.0. The number of ether oxygens (including phenoxy) is 1. The third-order valence-corrected chi connectivity index (χ3v) is 9.68.